The average Bonchev–Trinajstić information content (AvgIpc) is 2.48. The molecule has 0 aromatic carbocycles. The molecule has 2 rings (SSSR count). The Balaban J connectivity index is 2.33. The number of aliphatic hydroxyl groups excluding tert-OH is 7. The van der Waals surface area contributed by atoms with Gasteiger partial charge >= 0.3 is 0 Å². The zero-order valence-electron chi connectivity index (χ0n) is 8.33. The summed E-state index contributed by atoms with van der Waals surface area (Å²) in [6.07, 6.45) is -10.6. The van der Waals surface area contributed by atoms with Crippen LogP contribution >= 0.6 is 0 Å². The molecule has 2 saturated carbocycles. The molecule has 1 unspecified atom stereocenters. The quantitative estimate of drug-likeness (QED) is 0.226. The third-order valence-electron chi connectivity index (χ3n) is 3.77. The van der Waals surface area contributed by atoms with Crippen molar-refractivity contribution in [1.82, 2.24) is 0 Å². The van der Waals surface area contributed by atoms with Crippen molar-refractivity contribution in [1.29, 1.82) is 0 Å². The van der Waals surface area contributed by atoms with E-state index in [-0.39, 0.29) is 0 Å². The molecule has 7 N–H and O–H groups in total. The van der Waals surface area contributed by atoms with Crippen molar-refractivity contribution in [3.8, 4) is 0 Å². The van der Waals surface area contributed by atoms with Gasteiger partial charge in [-0.2, -0.15) is 0 Å². The van der Waals surface area contributed by atoms with Crippen LogP contribution in [-0.4, -0.2) is 78.5 Å². The normalized spacial score (nSPS) is 62.1. The van der Waals surface area contributed by atoms with Gasteiger partial charge in [0.25, 0.3) is 0 Å². The van der Waals surface area contributed by atoms with Gasteiger partial charge in [-0.05, 0) is 0 Å². The highest BCUT2D eigenvalue weighted by atomic mass is 16.4. The second kappa shape index (κ2) is 3.88. The molecule has 7 heteroatoms. The summed E-state index contributed by atoms with van der Waals surface area (Å²) in [6.45, 7) is 0. The maximum atomic E-state index is 9.64. The molecule has 0 saturated heterocycles. The third kappa shape index (κ3) is 1.41. The molecule has 2 aliphatic carbocycles. The molecule has 0 amide bonds. The van der Waals surface area contributed by atoms with Gasteiger partial charge in [0, 0.05) is 11.8 Å². The molecule has 2 aliphatic rings. The lowest BCUT2D eigenvalue weighted by Gasteiger charge is -2.42. The van der Waals surface area contributed by atoms with Crippen LogP contribution in [0.1, 0.15) is 0 Å². The first-order valence-electron chi connectivity index (χ1n) is 5.14. The van der Waals surface area contributed by atoms with Gasteiger partial charge in [0.15, 0.2) is 0 Å². The van der Waals surface area contributed by atoms with Crippen molar-refractivity contribution < 1.29 is 35.7 Å². The van der Waals surface area contributed by atoms with E-state index >= 15 is 0 Å². The van der Waals surface area contributed by atoms with E-state index in [1.54, 1.807) is 0 Å². The van der Waals surface area contributed by atoms with Crippen LogP contribution in [0.15, 0.2) is 0 Å². The first-order valence-corrected chi connectivity index (χ1v) is 5.14. The highest BCUT2D eigenvalue weighted by Crippen LogP contribution is 2.43. The molecule has 0 bridgehead atoms. The Morgan fingerprint density at radius 3 is 0.750 bits per heavy atom. The Kier molecular flexibility index (Phi) is 2.96. The summed E-state index contributed by atoms with van der Waals surface area (Å²) in [5.74, 6) is -2.11. The maximum Gasteiger partial charge on any atom is 0.109 e. The molecule has 7 nitrogen and oxygen atoms in total. The van der Waals surface area contributed by atoms with Gasteiger partial charge < -0.3 is 35.7 Å². The highest BCUT2D eigenvalue weighted by molar-refractivity contribution is 5.10. The van der Waals surface area contributed by atoms with Gasteiger partial charge in [0.2, 0.25) is 0 Å². The van der Waals surface area contributed by atoms with Gasteiger partial charge in [-0.3, -0.25) is 0 Å². The van der Waals surface area contributed by atoms with Crippen LogP contribution in [0.25, 0.3) is 0 Å². The van der Waals surface area contributed by atoms with Crippen molar-refractivity contribution in [2.24, 2.45) is 11.8 Å². The predicted octanol–water partition coefficient (Wildman–Crippen LogP) is -4.23. The van der Waals surface area contributed by atoms with Crippen LogP contribution in [0.3, 0.4) is 0 Å². The molecule has 0 aromatic heterocycles. The molecule has 16 heavy (non-hydrogen) atoms. The number of rotatable bonds is 0. The lowest BCUT2D eigenvalue weighted by molar-refractivity contribution is -0.196. The molecule has 9 atom stereocenters. The average molecular weight is 236 g/mol. The van der Waals surface area contributed by atoms with Crippen LogP contribution < -0.4 is 0 Å². The fraction of sp³-hybridized carbons (Fsp3) is 1.00. The number of hydrogen-bond donors (Lipinski definition) is 7. The van der Waals surface area contributed by atoms with E-state index in [0.29, 0.717) is 0 Å². The smallest absolute Gasteiger partial charge is 0.109 e. The van der Waals surface area contributed by atoms with E-state index in [9.17, 15) is 35.7 Å². The zero-order valence-corrected chi connectivity index (χ0v) is 8.33. The predicted molar refractivity (Wildman–Crippen MR) is 49.0 cm³/mol. The molecule has 0 aliphatic heterocycles. The van der Waals surface area contributed by atoms with E-state index in [0.717, 1.165) is 0 Å². The Hall–Kier alpha value is -0.280. The highest BCUT2D eigenvalue weighted by Gasteiger charge is 2.60. The summed E-state index contributed by atoms with van der Waals surface area (Å²) in [4.78, 5) is 0. The molecule has 0 aromatic rings. The van der Waals surface area contributed by atoms with Crippen molar-refractivity contribution in [2.45, 2.75) is 42.7 Å². The zero-order chi connectivity index (χ0) is 12.2. The van der Waals surface area contributed by atoms with Crippen molar-refractivity contribution in [3.05, 3.63) is 0 Å². The number of aliphatic hydroxyl groups is 7. The molecular formula is C9H16O7. The first kappa shape index (κ1) is 12.2. The van der Waals surface area contributed by atoms with E-state index in [1.165, 1.54) is 0 Å². The lowest BCUT2D eigenvalue weighted by atomic mass is 9.73. The van der Waals surface area contributed by atoms with Crippen LogP contribution in [0, 0.1) is 11.8 Å². The Morgan fingerprint density at radius 2 is 0.500 bits per heavy atom. The van der Waals surface area contributed by atoms with Crippen LogP contribution in [0.5, 0.6) is 0 Å². The van der Waals surface area contributed by atoms with E-state index in [4.69, 9.17) is 0 Å². The summed E-state index contributed by atoms with van der Waals surface area (Å²) in [5.41, 5.74) is 0. The second-order valence-electron chi connectivity index (χ2n) is 4.59. The summed E-state index contributed by atoms with van der Waals surface area (Å²) in [6, 6.07) is 0. The summed E-state index contributed by atoms with van der Waals surface area (Å²) < 4.78 is 0. The van der Waals surface area contributed by atoms with Gasteiger partial charge in [-0.25, -0.2) is 0 Å². The Morgan fingerprint density at radius 1 is 0.312 bits per heavy atom. The fourth-order valence-corrected chi connectivity index (χ4v) is 2.83. The largest absolute Gasteiger partial charge is 0.390 e. The third-order valence-corrected chi connectivity index (χ3v) is 3.77. The van der Waals surface area contributed by atoms with E-state index in [2.05, 4.69) is 0 Å². The van der Waals surface area contributed by atoms with Crippen molar-refractivity contribution in [3.63, 3.8) is 0 Å². The van der Waals surface area contributed by atoms with Crippen molar-refractivity contribution >= 4 is 0 Å². The molecule has 0 radical (unpaired) electrons. The monoisotopic (exact) mass is 236 g/mol. The van der Waals surface area contributed by atoms with E-state index < -0.39 is 54.6 Å². The summed E-state index contributed by atoms with van der Waals surface area (Å²) in [7, 11) is 0. The molecule has 0 spiro atoms. The summed E-state index contributed by atoms with van der Waals surface area (Å²) >= 11 is 0. The van der Waals surface area contributed by atoms with Gasteiger partial charge in [0.05, 0.1) is 24.4 Å². The fourth-order valence-electron chi connectivity index (χ4n) is 2.83. The topological polar surface area (TPSA) is 142 Å². The minimum Gasteiger partial charge on any atom is -0.390 e. The SMILES string of the molecule is OC1[C@H](O)[C@@H]2[C@H](O)[C@H](O)[C@@H](O)[C@@H](O)[C@@H]2[C@H]1O. The Bertz CT molecular complexity index is 247. The van der Waals surface area contributed by atoms with Crippen LogP contribution in [0.2, 0.25) is 0 Å². The second-order valence-corrected chi connectivity index (χ2v) is 4.59. The van der Waals surface area contributed by atoms with Crippen LogP contribution in [-0.2, 0) is 0 Å². The Labute approximate surface area is 91.2 Å². The number of fused-ring (bicyclic) bond motifs is 1. The first-order chi connectivity index (χ1) is 7.37. The van der Waals surface area contributed by atoms with Crippen LogP contribution in [0.4, 0.5) is 0 Å². The van der Waals surface area contributed by atoms with Crippen molar-refractivity contribution in [2.75, 3.05) is 0 Å². The van der Waals surface area contributed by atoms with Gasteiger partial charge in [-0.1, -0.05) is 0 Å². The maximum absolute atomic E-state index is 9.64. The minimum absolute atomic E-state index is 1.06. The number of hydrogen-bond acceptors (Lipinski definition) is 7. The van der Waals surface area contributed by atoms with Gasteiger partial charge in [0.1, 0.15) is 18.3 Å². The molecule has 94 valence electrons. The molecular weight excluding hydrogens is 220 g/mol. The molecule has 0 heterocycles. The minimum atomic E-state index is -1.61. The van der Waals surface area contributed by atoms with Gasteiger partial charge in [-0.15, -0.1) is 0 Å². The lowest BCUT2D eigenvalue weighted by Crippen LogP contribution is -2.60. The summed E-state index contributed by atoms with van der Waals surface area (Å²) in [5, 5.41) is 66.7. The standard InChI is InChI=1S/C9H16O7/c10-3-1-2(4(11)7(3)14)6(13)9(16)8(15)5(1)12/h1-16H/t1-,2+,3-,4-,5+,6+,7?,8+,9+/m1/s1. The molecule has 2 fully saturated rings. The van der Waals surface area contributed by atoms with E-state index in [1.807, 2.05) is 0 Å².